The summed E-state index contributed by atoms with van der Waals surface area (Å²) in [6, 6.07) is 0. The number of amidine groups is 1. The van der Waals surface area contributed by atoms with Crippen molar-refractivity contribution >= 4 is 11.7 Å². The van der Waals surface area contributed by atoms with Crippen LogP contribution in [-0.4, -0.2) is 34.9 Å². The summed E-state index contributed by atoms with van der Waals surface area (Å²) in [4.78, 5) is 13.8. The number of hydrogen-bond acceptors (Lipinski definition) is 3. The van der Waals surface area contributed by atoms with Gasteiger partial charge in [0, 0.05) is 12.5 Å². The summed E-state index contributed by atoms with van der Waals surface area (Å²) in [6.07, 6.45) is 5.13. The summed E-state index contributed by atoms with van der Waals surface area (Å²) < 4.78 is 0. The first-order valence-corrected chi connectivity index (χ1v) is 5.94. The first-order valence-electron chi connectivity index (χ1n) is 5.94. The highest BCUT2D eigenvalue weighted by molar-refractivity contribution is 5.87. The van der Waals surface area contributed by atoms with Gasteiger partial charge in [0.2, 0.25) is 5.91 Å². The Morgan fingerprint density at radius 2 is 2.12 bits per heavy atom. The van der Waals surface area contributed by atoms with Crippen molar-refractivity contribution in [3.8, 4) is 0 Å². The second-order valence-electron chi connectivity index (χ2n) is 4.33. The summed E-state index contributed by atoms with van der Waals surface area (Å²) in [5.41, 5.74) is 5.45. The van der Waals surface area contributed by atoms with Gasteiger partial charge in [-0.1, -0.05) is 24.9 Å². The summed E-state index contributed by atoms with van der Waals surface area (Å²) in [7, 11) is 0. The van der Waals surface area contributed by atoms with Gasteiger partial charge >= 0.3 is 0 Å². The molecule has 0 atom stereocenters. The molecule has 1 amide bonds. The van der Waals surface area contributed by atoms with Gasteiger partial charge in [-0.05, 0) is 19.3 Å². The van der Waals surface area contributed by atoms with Gasteiger partial charge in [-0.3, -0.25) is 4.79 Å². The minimum absolute atomic E-state index is 0.0970. The van der Waals surface area contributed by atoms with Crippen molar-refractivity contribution in [2.45, 2.75) is 39.0 Å². The molecule has 0 bridgehead atoms. The number of carbonyl (C=O) groups excluding carboxylic acids is 1. The predicted octanol–water partition coefficient (Wildman–Crippen LogP) is 1.16. The Balaban J connectivity index is 2.57. The van der Waals surface area contributed by atoms with Crippen LogP contribution < -0.4 is 5.73 Å². The minimum Gasteiger partial charge on any atom is -0.409 e. The standard InChI is InChI=1S/C11H21N3O2/c1-2-7-14(8-10(12)13-16)11(15)9-5-3-4-6-9/h9,16H,2-8H2,1H3,(H2,12,13). The van der Waals surface area contributed by atoms with E-state index in [1.54, 1.807) is 4.90 Å². The molecule has 0 aromatic heterocycles. The highest BCUT2D eigenvalue weighted by atomic mass is 16.4. The third-order valence-electron chi connectivity index (χ3n) is 2.99. The van der Waals surface area contributed by atoms with E-state index in [4.69, 9.17) is 10.9 Å². The molecule has 0 aliphatic heterocycles. The molecule has 0 aromatic rings. The minimum atomic E-state index is 0.0970. The second kappa shape index (κ2) is 6.35. The second-order valence-corrected chi connectivity index (χ2v) is 4.33. The number of amides is 1. The Bertz CT molecular complexity index is 260. The average Bonchev–Trinajstić information content (AvgIpc) is 2.80. The van der Waals surface area contributed by atoms with E-state index in [2.05, 4.69) is 5.16 Å². The largest absolute Gasteiger partial charge is 0.409 e. The molecule has 1 rings (SSSR count). The maximum Gasteiger partial charge on any atom is 0.226 e. The lowest BCUT2D eigenvalue weighted by molar-refractivity contribution is -0.134. The van der Waals surface area contributed by atoms with Gasteiger partial charge < -0.3 is 15.8 Å². The number of hydrogen-bond donors (Lipinski definition) is 2. The van der Waals surface area contributed by atoms with Crippen LogP contribution in [0, 0.1) is 5.92 Å². The third kappa shape index (κ3) is 3.40. The van der Waals surface area contributed by atoms with Crippen molar-refractivity contribution in [3.63, 3.8) is 0 Å². The topological polar surface area (TPSA) is 78.9 Å². The van der Waals surface area contributed by atoms with Crippen LogP contribution in [0.25, 0.3) is 0 Å². The molecular weight excluding hydrogens is 206 g/mol. The highest BCUT2D eigenvalue weighted by Crippen LogP contribution is 2.26. The molecular formula is C11H21N3O2. The molecule has 1 saturated carbocycles. The van der Waals surface area contributed by atoms with Crippen molar-refractivity contribution in [2.75, 3.05) is 13.1 Å². The van der Waals surface area contributed by atoms with Gasteiger partial charge in [-0.2, -0.15) is 0 Å². The van der Waals surface area contributed by atoms with Gasteiger partial charge in [0.15, 0.2) is 5.84 Å². The van der Waals surface area contributed by atoms with Crippen LogP contribution in [0.1, 0.15) is 39.0 Å². The van der Waals surface area contributed by atoms with Crippen molar-refractivity contribution in [3.05, 3.63) is 0 Å². The SMILES string of the molecule is CCCN(CC(N)=NO)C(=O)C1CCCC1. The van der Waals surface area contributed by atoms with Crippen molar-refractivity contribution in [2.24, 2.45) is 16.8 Å². The Labute approximate surface area is 96.3 Å². The number of nitrogens with two attached hydrogens (primary N) is 1. The van der Waals surface area contributed by atoms with Crippen LogP contribution in [0.5, 0.6) is 0 Å². The Morgan fingerprint density at radius 3 is 2.62 bits per heavy atom. The van der Waals surface area contributed by atoms with E-state index in [0.29, 0.717) is 6.54 Å². The summed E-state index contributed by atoms with van der Waals surface area (Å²) in [5.74, 6) is 0.406. The lowest BCUT2D eigenvalue weighted by atomic mass is 10.1. The van der Waals surface area contributed by atoms with Crippen LogP contribution in [0.15, 0.2) is 5.16 Å². The highest BCUT2D eigenvalue weighted by Gasteiger charge is 2.27. The molecule has 1 aliphatic carbocycles. The molecule has 0 saturated heterocycles. The lowest BCUT2D eigenvalue weighted by Crippen LogP contribution is -2.41. The first kappa shape index (κ1) is 12.8. The van der Waals surface area contributed by atoms with E-state index < -0.39 is 0 Å². The third-order valence-corrected chi connectivity index (χ3v) is 2.99. The molecule has 0 radical (unpaired) electrons. The number of carbonyl (C=O) groups is 1. The van der Waals surface area contributed by atoms with Gasteiger partial charge in [0.1, 0.15) is 0 Å². The molecule has 0 aromatic carbocycles. The maximum atomic E-state index is 12.1. The summed E-state index contributed by atoms with van der Waals surface area (Å²) >= 11 is 0. The molecule has 3 N–H and O–H groups in total. The van der Waals surface area contributed by atoms with Gasteiger partial charge in [0.25, 0.3) is 0 Å². The monoisotopic (exact) mass is 227 g/mol. The van der Waals surface area contributed by atoms with Crippen LogP contribution >= 0.6 is 0 Å². The van der Waals surface area contributed by atoms with Gasteiger partial charge in [-0.25, -0.2) is 0 Å². The number of oxime groups is 1. The Kier molecular flexibility index (Phi) is 5.08. The molecule has 0 spiro atoms. The van der Waals surface area contributed by atoms with E-state index in [0.717, 1.165) is 32.1 Å². The zero-order valence-corrected chi connectivity index (χ0v) is 9.85. The van der Waals surface area contributed by atoms with E-state index in [1.807, 2.05) is 6.92 Å². The Morgan fingerprint density at radius 1 is 1.50 bits per heavy atom. The van der Waals surface area contributed by atoms with Crippen LogP contribution in [0.2, 0.25) is 0 Å². The molecule has 92 valence electrons. The molecule has 5 heteroatoms. The Hall–Kier alpha value is -1.26. The molecule has 0 unspecified atom stereocenters. The lowest BCUT2D eigenvalue weighted by Gasteiger charge is -2.24. The van der Waals surface area contributed by atoms with Crippen LogP contribution in [-0.2, 0) is 4.79 Å². The summed E-state index contributed by atoms with van der Waals surface area (Å²) in [6.45, 7) is 2.92. The predicted molar refractivity (Wildman–Crippen MR) is 62.2 cm³/mol. The molecule has 1 fully saturated rings. The van der Waals surface area contributed by atoms with Crippen molar-refractivity contribution < 1.29 is 10.0 Å². The van der Waals surface area contributed by atoms with E-state index in [9.17, 15) is 4.79 Å². The number of rotatable bonds is 5. The zero-order chi connectivity index (χ0) is 12.0. The van der Waals surface area contributed by atoms with Crippen molar-refractivity contribution in [1.29, 1.82) is 0 Å². The normalized spacial score (nSPS) is 17.7. The molecule has 1 aliphatic rings. The van der Waals surface area contributed by atoms with Crippen LogP contribution in [0.3, 0.4) is 0 Å². The summed E-state index contributed by atoms with van der Waals surface area (Å²) in [5, 5.41) is 11.4. The quantitative estimate of drug-likeness (QED) is 0.320. The maximum absolute atomic E-state index is 12.1. The van der Waals surface area contributed by atoms with Gasteiger partial charge in [-0.15, -0.1) is 0 Å². The molecule has 0 heterocycles. The van der Waals surface area contributed by atoms with E-state index in [1.165, 1.54) is 0 Å². The fraction of sp³-hybridized carbons (Fsp3) is 0.818. The molecule has 16 heavy (non-hydrogen) atoms. The van der Waals surface area contributed by atoms with Crippen molar-refractivity contribution in [1.82, 2.24) is 4.90 Å². The molecule has 5 nitrogen and oxygen atoms in total. The fourth-order valence-corrected chi connectivity index (χ4v) is 2.20. The van der Waals surface area contributed by atoms with Gasteiger partial charge in [0.05, 0.1) is 6.54 Å². The zero-order valence-electron chi connectivity index (χ0n) is 9.85. The van der Waals surface area contributed by atoms with E-state index >= 15 is 0 Å². The first-order chi connectivity index (χ1) is 7.69. The average molecular weight is 227 g/mol. The van der Waals surface area contributed by atoms with E-state index in [-0.39, 0.29) is 24.2 Å². The number of nitrogens with zero attached hydrogens (tertiary/aromatic N) is 2. The smallest absolute Gasteiger partial charge is 0.226 e. The van der Waals surface area contributed by atoms with Crippen LogP contribution in [0.4, 0.5) is 0 Å². The fourth-order valence-electron chi connectivity index (χ4n) is 2.20.